The van der Waals surface area contributed by atoms with Crippen molar-refractivity contribution in [3.8, 4) is 0 Å². The van der Waals surface area contributed by atoms with Crippen molar-refractivity contribution in [3.63, 3.8) is 0 Å². The standard InChI is InChI=1S/C26H36N4O2/c1-7-21-15-14-20(12-11-17-29(5)25(32)26(3,4)30(6)8-2)18-22(21)19-24(31)28-23-13-9-10-16-27-23/h9-16,18H,7-8,17,19H2,1-6H3,(H,27,28,31)/b12-11+. The molecule has 1 aromatic carbocycles. The molecule has 0 atom stereocenters. The van der Waals surface area contributed by atoms with E-state index in [0.29, 0.717) is 12.4 Å². The number of rotatable bonds is 10. The van der Waals surface area contributed by atoms with E-state index in [0.717, 1.165) is 29.7 Å². The Labute approximate surface area is 192 Å². The smallest absolute Gasteiger partial charge is 0.242 e. The monoisotopic (exact) mass is 436 g/mol. The van der Waals surface area contributed by atoms with Gasteiger partial charge < -0.3 is 10.2 Å². The maximum Gasteiger partial charge on any atom is 0.242 e. The number of carbonyl (C=O) groups is 2. The maximum absolute atomic E-state index is 12.8. The molecule has 1 aromatic heterocycles. The van der Waals surface area contributed by atoms with E-state index in [4.69, 9.17) is 0 Å². The van der Waals surface area contributed by atoms with Crippen LogP contribution in [0.15, 0.2) is 48.7 Å². The highest BCUT2D eigenvalue weighted by atomic mass is 16.2. The van der Waals surface area contributed by atoms with E-state index >= 15 is 0 Å². The minimum Gasteiger partial charge on any atom is -0.340 e. The van der Waals surface area contributed by atoms with Gasteiger partial charge in [0.15, 0.2) is 0 Å². The third-order valence-corrected chi connectivity index (χ3v) is 5.88. The molecule has 0 aliphatic carbocycles. The van der Waals surface area contributed by atoms with Crippen LogP contribution in [0.1, 0.15) is 44.4 Å². The predicted molar refractivity (Wildman–Crippen MR) is 131 cm³/mol. The number of likely N-dealkylation sites (N-methyl/N-ethyl adjacent to an activating group) is 2. The van der Waals surface area contributed by atoms with E-state index in [9.17, 15) is 9.59 Å². The number of pyridine rings is 1. The first-order valence-corrected chi connectivity index (χ1v) is 11.1. The van der Waals surface area contributed by atoms with E-state index in [1.54, 1.807) is 17.2 Å². The highest BCUT2D eigenvalue weighted by molar-refractivity contribution is 5.91. The highest BCUT2D eigenvalue weighted by Crippen LogP contribution is 2.17. The van der Waals surface area contributed by atoms with Crippen LogP contribution in [0.25, 0.3) is 6.08 Å². The average molecular weight is 437 g/mol. The number of anilines is 1. The summed E-state index contributed by atoms with van der Waals surface area (Å²) in [5.41, 5.74) is 2.61. The first kappa shape index (κ1) is 25.3. The Balaban J connectivity index is 2.05. The molecule has 0 unspecified atom stereocenters. The van der Waals surface area contributed by atoms with Crippen LogP contribution in [0.4, 0.5) is 5.82 Å². The molecule has 2 amide bonds. The van der Waals surface area contributed by atoms with Crippen molar-refractivity contribution in [2.45, 2.75) is 46.1 Å². The molecule has 0 aliphatic heterocycles. The van der Waals surface area contributed by atoms with Gasteiger partial charge in [-0.1, -0.05) is 50.3 Å². The van der Waals surface area contributed by atoms with Gasteiger partial charge in [0.2, 0.25) is 11.8 Å². The third-order valence-electron chi connectivity index (χ3n) is 5.88. The molecule has 0 spiro atoms. The Morgan fingerprint density at radius 1 is 1.09 bits per heavy atom. The quantitative estimate of drug-likeness (QED) is 0.611. The number of carbonyl (C=O) groups excluding carboxylic acids is 2. The number of nitrogens with one attached hydrogen (secondary N) is 1. The Morgan fingerprint density at radius 3 is 2.47 bits per heavy atom. The second-order valence-corrected chi connectivity index (χ2v) is 8.48. The molecule has 32 heavy (non-hydrogen) atoms. The van der Waals surface area contributed by atoms with Crippen LogP contribution in [0, 0.1) is 0 Å². The topological polar surface area (TPSA) is 65.5 Å². The lowest BCUT2D eigenvalue weighted by molar-refractivity contribution is -0.139. The summed E-state index contributed by atoms with van der Waals surface area (Å²) in [7, 11) is 3.79. The number of aromatic nitrogens is 1. The van der Waals surface area contributed by atoms with Crippen LogP contribution in [0.5, 0.6) is 0 Å². The molecule has 1 heterocycles. The molecule has 0 bridgehead atoms. The van der Waals surface area contributed by atoms with E-state index in [-0.39, 0.29) is 18.2 Å². The Hall–Kier alpha value is -2.99. The zero-order valence-electron chi connectivity index (χ0n) is 20.2. The molecule has 6 nitrogen and oxygen atoms in total. The minimum atomic E-state index is -0.547. The molecule has 172 valence electrons. The lowest BCUT2D eigenvalue weighted by Gasteiger charge is -2.36. The molecule has 2 aromatic rings. The molecule has 0 fully saturated rings. The van der Waals surface area contributed by atoms with Gasteiger partial charge >= 0.3 is 0 Å². The second-order valence-electron chi connectivity index (χ2n) is 8.48. The summed E-state index contributed by atoms with van der Waals surface area (Å²) >= 11 is 0. The number of aryl methyl sites for hydroxylation is 1. The largest absolute Gasteiger partial charge is 0.340 e. The SMILES string of the molecule is CCc1ccc(/C=C/CN(C)C(=O)C(C)(C)N(C)CC)cc1CC(=O)Nc1ccccn1. The zero-order valence-corrected chi connectivity index (χ0v) is 20.2. The van der Waals surface area contributed by atoms with Crippen LogP contribution in [0.2, 0.25) is 0 Å². The number of hydrogen-bond acceptors (Lipinski definition) is 4. The lowest BCUT2D eigenvalue weighted by Crippen LogP contribution is -2.53. The van der Waals surface area contributed by atoms with Crippen molar-refractivity contribution in [2.75, 3.05) is 32.5 Å². The fourth-order valence-electron chi connectivity index (χ4n) is 3.51. The first-order chi connectivity index (χ1) is 15.2. The van der Waals surface area contributed by atoms with Gasteiger partial charge in [-0.3, -0.25) is 14.5 Å². The first-order valence-electron chi connectivity index (χ1n) is 11.1. The molecular formula is C26H36N4O2. The van der Waals surface area contributed by atoms with Crippen LogP contribution >= 0.6 is 0 Å². The van der Waals surface area contributed by atoms with Crippen LogP contribution < -0.4 is 5.32 Å². The summed E-state index contributed by atoms with van der Waals surface area (Å²) in [5, 5.41) is 2.84. The summed E-state index contributed by atoms with van der Waals surface area (Å²) in [5.74, 6) is 0.544. The van der Waals surface area contributed by atoms with Crippen molar-refractivity contribution >= 4 is 23.7 Å². The van der Waals surface area contributed by atoms with Crippen molar-refractivity contribution in [2.24, 2.45) is 0 Å². The number of nitrogens with zero attached hydrogens (tertiary/aromatic N) is 3. The average Bonchev–Trinajstić information content (AvgIpc) is 2.78. The normalized spacial score (nSPS) is 11.7. The van der Waals surface area contributed by atoms with Gasteiger partial charge in [0.1, 0.15) is 5.82 Å². The Bertz CT molecular complexity index is 938. The van der Waals surface area contributed by atoms with E-state index in [2.05, 4.69) is 23.3 Å². The number of hydrogen-bond donors (Lipinski definition) is 1. The molecule has 0 saturated heterocycles. The summed E-state index contributed by atoms with van der Waals surface area (Å²) in [6.45, 7) is 9.35. The van der Waals surface area contributed by atoms with E-state index in [1.807, 2.05) is 76.2 Å². The number of benzene rings is 1. The molecule has 6 heteroatoms. The van der Waals surface area contributed by atoms with Crippen molar-refractivity contribution in [3.05, 3.63) is 65.4 Å². The molecule has 0 saturated carbocycles. The summed E-state index contributed by atoms with van der Waals surface area (Å²) in [6, 6.07) is 11.6. The predicted octanol–water partition coefficient (Wildman–Crippen LogP) is 4.03. The van der Waals surface area contributed by atoms with Crippen LogP contribution in [-0.2, 0) is 22.4 Å². The van der Waals surface area contributed by atoms with Gasteiger partial charge in [-0.15, -0.1) is 0 Å². The summed E-state index contributed by atoms with van der Waals surface area (Å²) in [4.78, 5) is 33.2. The Morgan fingerprint density at radius 2 is 1.84 bits per heavy atom. The van der Waals surface area contributed by atoms with Crippen LogP contribution in [0.3, 0.4) is 0 Å². The molecule has 0 radical (unpaired) electrons. The van der Waals surface area contributed by atoms with Crippen LogP contribution in [-0.4, -0.2) is 59.3 Å². The van der Waals surface area contributed by atoms with Gasteiger partial charge in [-0.05, 0) is 62.7 Å². The fraction of sp³-hybridized carbons (Fsp3) is 0.423. The van der Waals surface area contributed by atoms with Gasteiger partial charge in [0.05, 0.1) is 12.0 Å². The number of amides is 2. The van der Waals surface area contributed by atoms with Gasteiger partial charge in [0, 0.05) is 19.8 Å². The van der Waals surface area contributed by atoms with Gasteiger partial charge in [0.25, 0.3) is 0 Å². The minimum absolute atomic E-state index is 0.0831. The molecule has 2 rings (SSSR count). The van der Waals surface area contributed by atoms with Crippen molar-refractivity contribution in [1.29, 1.82) is 0 Å². The Kier molecular flexibility index (Phi) is 9.14. The summed E-state index contributed by atoms with van der Waals surface area (Å²) < 4.78 is 0. The van der Waals surface area contributed by atoms with E-state index < -0.39 is 5.54 Å². The highest BCUT2D eigenvalue weighted by Gasteiger charge is 2.33. The fourth-order valence-corrected chi connectivity index (χ4v) is 3.51. The third kappa shape index (κ3) is 6.76. The summed E-state index contributed by atoms with van der Waals surface area (Å²) in [6.07, 6.45) is 6.78. The van der Waals surface area contributed by atoms with Crippen molar-refractivity contribution in [1.82, 2.24) is 14.8 Å². The molecule has 0 aliphatic rings. The lowest BCUT2D eigenvalue weighted by atomic mass is 9.99. The molecule has 1 N–H and O–H groups in total. The van der Waals surface area contributed by atoms with Crippen molar-refractivity contribution < 1.29 is 9.59 Å². The maximum atomic E-state index is 12.8. The molecular weight excluding hydrogens is 400 g/mol. The van der Waals surface area contributed by atoms with E-state index in [1.165, 1.54) is 0 Å². The van der Waals surface area contributed by atoms with Gasteiger partial charge in [-0.25, -0.2) is 4.98 Å². The second kappa shape index (κ2) is 11.6. The van der Waals surface area contributed by atoms with Gasteiger partial charge in [-0.2, -0.15) is 0 Å². The zero-order chi connectivity index (χ0) is 23.7.